The summed E-state index contributed by atoms with van der Waals surface area (Å²) >= 11 is 0. The first-order valence-corrected chi connectivity index (χ1v) is 6.56. The van der Waals surface area contributed by atoms with E-state index in [1.54, 1.807) is 13.8 Å². The van der Waals surface area contributed by atoms with Crippen molar-refractivity contribution in [1.82, 2.24) is 4.98 Å². The number of nitrogens with two attached hydrogens (primary N) is 1. The number of hydrogen-bond acceptors (Lipinski definition) is 4. The molecule has 1 aliphatic carbocycles. The van der Waals surface area contributed by atoms with Crippen molar-refractivity contribution in [3.8, 4) is 0 Å². The van der Waals surface area contributed by atoms with Crippen molar-refractivity contribution in [3.63, 3.8) is 0 Å². The van der Waals surface area contributed by atoms with Gasteiger partial charge in [0.1, 0.15) is 5.82 Å². The monoisotopic (exact) mass is 249 g/mol. The summed E-state index contributed by atoms with van der Waals surface area (Å²) in [6.45, 7) is 4.65. The number of anilines is 1. The largest absolute Gasteiger partial charge is 0.389 e. The fourth-order valence-electron chi connectivity index (χ4n) is 2.64. The van der Waals surface area contributed by atoms with Crippen molar-refractivity contribution in [2.45, 2.75) is 45.3 Å². The third-order valence-electron chi connectivity index (χ3n) is 3.31. The van der Waals surface area contributed by atoms with Gasteiger partial charge in [-0.15, -0.1) is 0 Å². The van der Waals surface area contributed by atoms with E-state index in [0.29, 0.717) is 13.1 Å². The molecule has 1 heterocycles. The molecule has 0 spiro atoms. The van der Waals surface area contributed by atoms with Gasteiger partial charge in [-0.05, 0) is 44.7 Å². The fourth-order valence-corrected chi connectivity index (χ4v) is 2.64. The lowest BCUT2D eigenvalue weighted by Crippen LogP contribution is -2.37. The second kappa shape index (κ2) is 4.86. The van der Waals surface area contributed by atoms with Gasteiger partial charge in [-0.3, -0.25) is 0 Å². The van der Waals surface area contributed by atoms with Gasteiger partial charge in [-0.1, -0.05) is 0 Å². The van der Waals surface area contributed by atoms with Crippen LogP contribution in [0.2, 0.25) is 0 Å². The number of nitrogens with zero attached hydrogens (tertiary/aromatic N) is 2. The predicted octanol–water partition coefficient (Wildman–Crippen LogP) is 1.24. The first-order valence-electron chi connectivity index (χ1n) is 6.56. The van der Waals surface area contributed by atoms with Crippen LogP contribution in [-0.4, -0.2) is 29.3 Å². The van der Waals surface area contributed by atoms with Gasteiger partial charge in [-0.2, -0.15) is 0 Å². The van der Waals surface area contributed by atoms with Crippen LogP contribution in [0.1, 0.15) is 37.1 Å². The second-order valence-corrected chi connectivity index (χ2v) is 5.80. The smallest absolute Gasteiger partial charge is 0.133 e. The number of hydrogen-bond donors (Lipinski definition) is 2. The molecule has 0 aliphatic heterocycles. The highest BCUT2D eigenvalue weighted by Gasteiger charge is 2.21. The van der Waals surface area contributed by atoms with E-state index in [-0.39, 0.29) is 0 Å². The zero-order valence-electron chi connectivity index (χ0n) is 11.5. The highest BCUT2D eigenvalue weighted by Crippen LogP contribution is 2.27. The summed E-state index contributed by atoms with van der Waals surface area (Å²) in [5.74, 6) is 0.917. The molecule has 1 aromatic heterocycles. The van der Waals surface area contributed by atoms with Gasteiger partial charge in [0.2, 0.25) is 0 Å². The SMILES string of the molecule is CN(CC(C)(C)O)c1nc2c(cc1CN)CCC2. The number of aromatic nitrogens is 1. The Bertz CT molecular complexity index is 437. The van der Waals surface area contributed by atoms with E-state index in [1.165, 1.54) is 17.7 Å². The molecule has 4 heteroatoms. The Balaban J connectivity index is 2.31. The van der Waals surface area contributed by atoms with Crippen molar-refractivity contribution in [2.24, 2.45) is 5.73 Å². The molecular weight excluding hydrogens is 226 g/mol. The molecule has 0 bridgehead atoms. The summed E-state index contributed by atoms with van der Waals surface area (Å²) in [5.41, 5.74) is 8.70. The Morgan fingerprint density at radius 1 is 1.44 bits per heavy atom. The van der Waals surface area contributed by atoms with Crippen LogP contribution in [0.4, 0.5) is 5.82 Å². The molecule has 0 unspecified atom stereocenters. The zero-order valence-corrected chi connectivity index (χ0v) is 11.5. The van der Waals surface area contributed by atoms with Gasteiger partial charge in [-0.25, -0.2) is 4.98 Å². The van der Waals surface area contributed by atoms with Gasteiger partial charge in [0.25, 0.3) is 0 Å². The van der Waals surface area contributed by atoms with Gasteiger partial charge in [0.05, 0.1) is 5.60 Å². The van der Waals surface area contributed by atoms with E-state index >= 15 is 0 Å². The van der Waals surface area contributed by atoms with Crippen LogP contribution in [0, 0.1) is 0 Å². The molecule has 1 aliphatic rings. The Morgan fingerprint density at radius 3 is 2.78 bits per heavy atom. The number of pyridine rings is 1. The first-order chi connectivity index (χ1) is 8.40. The van der Waals surface area contributed by atoms with Gasteiger partial charge < -0.3 is 15.7 Å². The Hall–Kier alpha value is -1.13. The van der Waals surface area contributed by atoms with E-state index in [2.05, 4.69) is 6.07 Å². The lowest BCUT2D eigenvalue weighted by Gasteiger charge is -2.28. The average molecular weight is 249 g/mol. The summed E-state index contributed by atoms with van der Waals surface area (Å²) in [6.07, 6.45) is 3.36. The number of aryl methyl sites for hydroxylation is 2. The molecule has 2 rings (SSSR count). The van der Waals surface area contributed by atoms with E-state index in [4.69, 9.17) is 10.7 Å². The van der Waals surface area contributed by atoms with Crippen LogP contribution in [0.15, 0.2) is 6.07 Å². The molecule has 3 N–H and O–H groups in total. The number of fused-ring (bicyclic) bond motifs is 1. The standard InChI is InChI=1S/C14H23N3O/c1-14(2,18)9-17(3)13-11(8-15)7-10-5-4-6-12(10)16-13/h7,18H,4-6,8-9,15H2,1-3H3. The summed E-state index contributed by atoms with van der Waals surface area (Å²) in [6, 6.07) is 2.19. The van der Waals surface area contributed by atoms with E-state index in [9.17, 15) is 5.11 Å². The van der Waals surface area contributed by atoms with Crippen molar-refractivity contribution < 1.29 is 5.11 Å². The van der Waals surface area contributed by atoms with Crippen LogP contribution in [-0.2, 0) is 19.4 Å². The fraction of sp³-hybridized carbons (Fsp3) is 0.643. The minimum absolute atomic E-state index is 0.492. The van der Waals surface area contributed by atoms with Crippen LogP contribution < -0.4 is 10.6 Å². The van der Waals surface area contributed by atoms with Gasteiger partial charge in [0.15, 0.2) is 0 Å². The van der Waals surface area contributed by atoms with E-state index in [1.807, 2.05) is 11.9 Å². The molecule has 0 saturated heterocycles. The van der Waals surface area contributed by atoms with Crippen LogP contribution in [0.5, 0.6) is 0 Å². The molecule has 0 radical (unpaired) electrons. The highest BCUT2D eigenvalue weighted by molar-refractivity contribution is 5.50. The molecule has 100 valence electrons. The third kappa shape index (κ3) is 2.82. The molecule has 18 heavy (non-hydrogen) atoms. The Morgan fingerprint density at radius 2 is 2.17 bits per heavy atom. The number of likely N-dealkylation sites (N-methyl/N-ethyl adjacent to an activating group) is 1. The minimum atomic E-state index is -0.735. The molecule has 1 aromatic rings. The van der Waals surface area contributed by atoms with Crippen molar-refractivity contribution in [2.75, 3.05) is 18.5 Å². The van der Waals surface area contributed by atoms with Crippen LogP contribution in [0.3, 0.4) is 0 Å². The van der Waals surface area contributed by atoms with Gasteiger partial charge in [0, 0.05) is 31.4 Å². The number of rotatable bonds is 4. The molecular formula is C14H23N3O. The Kier molecular flexibility index (Phi) is 3.59. The Labute approximate surface area is 109 Å². The van der Waals surface area contributed by atoms with Crippen molar-refractivity contribution in [3.05, 3.63) is 22.9 Å². The topological polar surface area (TPSA) is 62.4 Å². The summed E-state index contributed by atoms with van der Waals surface area (Å²) in [7, 11) is 1.96. The maximum Gasteiger partial charge on any atom is 0.133 e. The molecule has 0 atom stereocenters. The van der Waals surface area contributed by atoms with E-state index < -0.39 is 5.60 Å². The van der Waals surface area contributed by atoms with E-state index in [0.717, 1.165) is 24.2 Å². The molecule has 0 fully saturated rings. The van der Waals surface area contributed by atoms with Crippen LogP contribution in [0.25, 0.3) is 0 Å². The molecule has 0 aromatic carbocycles. The highest BCUT2D eigenvalue weighted by atomic mass is 16.3. The van der Waals surface area contributed by atoms with Gasteiger partial charge >= 0.3 is 0 Å². The number of aliphatic hydroxyl groups is 1. The van der Waals surface area contributed by atoms with Crippen molar-refractivity contribution >= 4 is 5.82 Å². The first kappa shape index (κ1) is 13.3. The lowest BCUT2D eigenvalue weighted by atomic mass is 10.1. The predicted molar refractivity (Wildman–Crippen MR) is 73.7 cm³/mol. The maximum absolute atomic E-state index is 9.91. The zero-order chi connectivity index (χ0) is 13.3. The van der Waals surface area contributed by atoms with Crippen molar-refractivity contribution in [1.29, 1.82) is 0 Å². The molecule has 4 nitrogen and oxygen atoms in total. The summed E-state index contributed by atoms with van der Waals surface area (Å²) in [5, 5.41) is 9.91. The summed E-state index contributed by atoms with van der Waals surface area (Å²) < 4.78 is 0. The van der Waals surface area contributed by atoms with Crippen LogP contribution >= 0.6 is 0 Å². The quantitative estimate of drug-likeness (QED) is 0.842. The summed E-state index contributed by atoms with van der Waals surface area (Å²) in [4.78, 5) is 6.74. The molecule has 0 amide bonds. The average Bonchev–Trinajstić information content (AvgIpc) is 2.71. The second-order valence-electron chi connectivity index (χ2n) is 5.80. The minimum Gasteiger partial charge on any atom is -0.389 e. The lowest BCUT2D eigenvalue weighted by molar-refractivity contribution is 0.0884. The molecule has 0 saturated carbocycles. The third-order valence-corrected chi connectivity index (χ3v) is 3.31. The maximum atomic E-state index is 9.91. The normalized spacial score (nSPS) is 14.7.